The molecule has 0 spiro atoms. The number of nitrogens with zero attached hydrogens (tertiary/aromatic N) is 4. The third-order valence-electron chi connectivity index (χ3n) is 7.06. The van der Waals surface area contributed by atoms with Gasteiger partial charge in [-0.15, -0.1) is 18.2 Å². The van der Waals surface area contributed by atoms with Crippen molar-refractivity contribution in [2.75, 3.05) is 19.7 Å². The van der Waals surface area contributed by atoms with Gasteiger partial charge < -0.3 is 15.0 Å². The van der Waals surface area contributed by atoms with Crippen molar-refractivity contribution in [3.63, 3.8) is 0 Å². The van der Waals surface area contributed by atoms with Crippen molar-refractivity contribution >= 4 is 23.4 Å². The Kier molecular flexibility index (Phi) is 11.4. The first-order chi connectivity index (χ1) is 19.6. The highest BCUT2D eigenvalue weighted by Crippen LogP contribution is 2.42. The minimum Gasteiger partial charge on any atom is -0.374 e. The predicted molar refractivity (Wildman–Crippen MR) is 153 cm³/mol. The van der Waals surface area contributed by atoms with E-state index in [4.69, 9.17) is 4.74 Å². The number of halogens is 5. The Morgan fingerprint density at radius 2 is 1.82 bits per heavy atom. The Morgan fingerprint density at radius 3 is 2.41 bits per heavy atom. The van der Waals surface area contributed by atoms with Crippen molar-refractivity contribution in [2.45, 2.75) is 67.4 Å². The monoisotopic (exact) mass is 627 g/mol. The number of alkyl halides is 3. The zero-order chi connectivity index (χ0) is 30.9. The van der Waals surface area contributed by atoms with Gasteiger partial charge in [0, 0.05) is 54.9 Å². The molecule has 3 heterocycles. The van der Waals surface area contributed by atoms with Crippen LogP contribution in [0.25, 0.3) is 0 Å². The van der Waals surface area contributed by atoms with Crippen LogP contribution >= 0.6 is 0 Å². The number of ether oxygens (including phenoxy) is 1. The van der Waals surface area contributed by atoms with Crippen LogP contribution in [-0.4, -0.2) is 70.4 Å². The van der Waals surface area contributed by atoms with E-state index in [-0.39, 0.29) is 52.1 Å². The van der Waals surface area contributed by atoms with E-state index in [1.54, 1.807) is 39.0 Å². The summed E-state index contributed by atoms with van der Waals surface area (Å²) in [7, 11) is 0. The second kappa shape index (κ2) is 13.8. The summed E-state index contributed by atoms with van der Waals surface area (Å²) in [6.45, 7) is 3.56. The summed E-state index contributed by atoms with van der Waals surface area (Å²) in [5, 5.41) is 5.70. The fourth-order valence-corrected chi connectivity index (χ4v) is 4.78. The number of carbonyl (C=O) groups excluding carboxylic acids is 3. The van der Waals surface area contributed by atoms with Crippen molar-refractivity contribution in [3.05, 3.63) is 65.5 Å². The molecule has 4 rings (SSSR count). The van der Waals surface area contributed by atoms with Crippen LogP contribution < -0.4 is 5.32 Å². The molecular weight excluding hydrogens is 589 g/mol. The molecule has 14 heteroatoms. The lowest BCUT2D eigenvalue weighted by Crippen LogP contribution is -2.60. The molecule has 2 aromatic rings. The average Bonchev–Trinajstić information content (AvgIpc) is 3.20. The maximum atomic E-state index is 14.1. The van der Waals surface area contributed by atoms with Crippen LogP contribution in [-0.2, 0) is 32.1 Å². The van der Waals surface area contributed by atoms with Gasteiger partial charge in [-0.3, -0.25) is 19.4 Å². The second-order valence-corrected chi connectivity index (χ2v) is 11.2. The van der Waals surface area contributed by atoms with Gasteiger partial charge in [0.2, 0.25) is 11.8 Å². The number of benzene rings is 1. The van der Waals surface area contributed by atoms with Crippen molar-refractivity contribution in [1.82, 2.24) is 20.2 Å². The molecule has 2 atom stereocenters. The van der Waals surface area contributed by atoms with Crippen LogP contribution in [0.1, 0.15) is 53.3 Å². The molecule has 44 heavy (non-hydrogen) atoms. The maximum Gasteiger partial charge on any atom is 0.507 e. The smallest absolute Gasteiger partial charge is 0.374 e. The highest BCUT2D eigenvalue weighted by molar-refractivity contribution is 6.14. The van der Waals surface area contributed by atoms with Crippen LogP contribution in [0.15, 0.2) is 47.7 Å². The van der Waals surface area contributed by atoms with Gasteiger partial charge in [-0.2, -0.15) is 5.10 Å². The number of hydrogen-bond acceptors (Lipinski definition) is 6. The largest absolute Gasteiger partial charge is 0.507 e. The first kappa shape index (κ1) is 36.3. The van der Waals surface area contributed by atoms with Crippen LogP contribution in [0.2, 0.25) is 0 Å². The first-order valence-corrected chi connectivity index (χ1v) is 13.1. The molecule has 0 aliphatic carbocycles. The molecule has 0 saturated carbocycles. The molecule has 3 amide bonds. The average molecular weight is 628 g/mol. The maximum absolute atomic E-state index is 14.1. The molecule has 1 aromatic heterocycles. The highest BCUT2D eigenvalue weighted by Gasteiger charge is 2.60. The lowest BCUT2D eigenvalue weighted by Gasteiger charge is -2.40. The molecule has 1 N–H and O–H groups in total. The van der Waals surface area contributed by atoms with Gasteiger partial charge in [-0.1, -0.05) is 47.8 Å². The van der Waals surface area contributed by atoms with E-state index in [1.165, 1.54) is 17.2 Å². The lowest BCUT2D eigenvalue weighted by molar-refractivity contribution is -0.241. The van der Waals surface area contributed by atoms with E-state index in [2.05, 4.69) is 15.4 Å². The van der Waals surface area contributed by atoms with E-state index in [9.17, 15) is 36.3 Å². The van der Waals surface area contributed by atoms with E-state index in [0.29, 0.717) is 11.8 Å². The summed E-state index contributed by atoms with van der Waals surface area (Å²) < 4.78 is 74.0. The molecule has 1 saturated heterocycles. The number of pyridine rings is 1. The SMILES string of the molecule is C.C.CC(C)(C)C(=O)N[C@H](COCc1ccc(F)cc1F)C(=O)N1CCC2=NN(C(F)(F)F)C(=O)[C@]2(Cc2ccccn2)C1. The number of nitrogens with one attached hydrogen (secondary N) is 1. The topological polar surface area (TPSA) is 104 Å². The van der Waals surface area contributed by atoms with E-state index < -0.39 is 70.7 Å². The summed E-state index contributed by atoms with van der Waals surface area (Å²) in [4.78, 5) is 45.3. The molecule has 1 fully saturated rings. The van der Waals surface area contributed by atoms with Gasteiger partial charge in [-0.25, -0.2) is 8.78 Å². The number of fused-ring (bicyclic) bond motifs is 1. The standard InChI is InChI=1S/C28H30F5N5O4.2CH4/c1-26(2,3)24(40)35-21(15-42-14-17-7-8-18(29)12-20(17)30)23(39)37-11-9-22-27(16-37,13-19-6-4-5-10-34-19)25(41)38(36-22)28(31,32)33;;/h4-8,10,12,21H,9,11,13-16H2,1-3H3,(H,35,40);2*1H4/t21-,27-;;/m1../s1. The Hall–Kier alpha value is -3.94. The van der Waals surface area contributed by atoms with Crippen molar-refractivity contribution in [2.24, 2.45) is 15.9 Å². The van der Waals surface area contributed by atoms with Crippen molar-refractivity contribution < 1.29 is 41.1 Å². The molecule has 242 valence electrons. The molecule has 9 nitrogen and oxygen atoms in total. The lowest BCUT2D eigenvalue weighted by atomic mass is 9.74. The number of hydrogen-bond donors (Lipinski definition) is 1. The first-order valence-electron chi connectivity index (χ1n) is 13.1. The summed E-state index contributed by atoms with van der Waals surface area (Å²) in [6, 6.07) is 6.39. The van der Waals surface area contributed by atoms with Crippen LogP contribution in [0.3, 0.4) is 0 Å². The minimum absolute atomic E-state index is 0. The molecule has 2 aliphatic rings. The number of piperidine rings is 1. The van der Waals surface area contributed by atoms with Gasteiger partial charge in [0.15, 0.2) is 0 Å². The third-order valence-corrected chi connectivity index (χ3v) is 7.06. The van der Waals surface area contributed by atoms with Crippen LogP contribution in [0.4, 0.5) is 22.0 Å². The number of carbonyl (C=O) groups is 3. The van der Waals surface area contributed by atoms with Crippen LogP contribution in [0.5, 0.6) is 0 Å². The Labute approximate surface area is 253 Å². The van der Waals surface area contributed by atoms with Crippen LogP contribution in [0, 0.1) is 22.5 Å². The van der Waals surface area contributed by atoms with Gasteiger partial charge in [0.1, 0.15) is 23.1 Å². The number of aromatic nitrogens is 1. The highest BCUT2D eigenvalue weighted by atomic mass is 19.4. The summed E-state index contributed by atoms with van der Waals surface area (Å²) in [5.41, 5.74) is -2.41. The number of rotatable bonds is 8. The Morgan fingerprint density at radius 1 is 1.11 bits per heavy atom. The number of amides is 3. The van der Waals surface area contributed by atoms with Crippen molar-refractivity contribution in [1.29, 1.82) is 0 Å². The Balaban J connectivity index is 0.00000337. The molecule has 0 unspecified atom stereocenters. The third kappa shape index (κ3) is 7.76. The molecule has 1 aromatic carbocycles. The predicted octanol–water partition coefficient (Wildman–Crippen LogP) is 4.86. The van der Waals surface area contributed by atoms with Gasteiger partial charge >= 0.3 is 6.30 Å². The van der Waals surface area contributed by atoms with E-state index in [0.717, 1.165) is 6.07 Å². The summed E-state index contributed by atoms with van der Waals surface area (Å²) in [6.07, 6.45) is -3.99. The normalized spacial score (nSPS) is 18.9. The van der Waals surface area contributed by atoms with Crippen molar-refractivity contribution in [3.8, 4) is 0 Å². The number of likely N-dealkylation sites (tertiary alicyclic amines) is 1. The van der Waals surface area contributed by atoms with E-state index >= 15 is 0 Å². The van der Waals surface area contributed by atoms with E-state index in [1.807, 2.05) is 0 Å². The summed E-state index contributed by atoms with van der Waals surface area (Å²) >= 11 is 0. The van der Waals surface area contributed by atoms with Gasteiger partial charge in [0.05, 0.1) is 18.9 Å². The quantitative estimate of drug-likeness (QED) is 0.333. The minimum atomic E-state index is -5.07. The molecule has 2 aliphatic heterocycles. The Bertz CT molecular complexity index is 1380. The van der Waals surface area contributed by atoms with Gasteiger partial charge in [-0.05, 0) is 18.2 Å². The molecule has 0 bridgehead atoms. The summed E-state index contributed by atoms with van der Waals surface area (Å²) in [5.74, 6) is -4.18. The fourth-order valence-electron chi connectivity index (χ4n) is 4.78. The second-order valence-electron chi connectivity index (χ2n) is 11.2. The zero-order valence-corrected chi connectivity index (χ0v) is 23.2. The fraction of sp³-hybridized carbons (Fsp3) is 0.500. The zero-order valence-electron chi connectivity index (χ0n) is 23.2. The molecular formula is C30H38F5N5O4. The molecule has 0 radical (unpaired) electrons. The number of hydrazone groups is 1. The van der Waals surface area contributed by atoms with Gasteiger partial charge in [0.25, 0.3) is 5.91 Å².